The minimum atomic E-state index is 0.407. The zero-order valence-corrected chi connectivity index (χ0v) is 10.2. The first-order valence-corrected chi connectivity index (χ1v) is 5.71. The third-order valence-electron chi connectivity index (χ3n) is 1.73. The summed E-state index contributed by atoms with van der Waals surface area (Å²) in [7, 11) is 0. The van der Waals surface area contributed by atoms with E-state index in [-0.39, 0.29) is 0 Å². The Balaban J connectivity index is 2.59. The molecule has 0 aliphatic carbocycles. The lowest BCUT2D eigenvalue weighted by Crippen LogP contribution is -2.09. The molecule has 78 valence electrons. The Morgan fingerprint density at radius 1 is 1.43 bits per heavy atom. The van der Waals surface area contributed by atoms with E-state index in [4.69, 9.17) is 27.9 Å². The first-order valence-electron chi connectivity index (χ1n) is 4.32. The molecule has 1 atom stereocenters. The molecular weight excluding hydrogens is 239 g/mol. The molecule has 0 saturated heterocycles. The zero-order valence-electron chi connectivity index (χ0n) is 7.84. The molecule has 0 heterocycles. The average molecular weight is 251 g/mol. The van der Waals surface area contributed by atoms with Gasteiger partial charge in [-0.2, -0.15) is 12.6 Å². The number of hydrogen-bond acceptors (Lipinski definition) is 2. The molecule has 0 aliphatic heterocycles. The molecule has 1 aromatic rings. The van der Waals surface area contributed by atoms with Gasteiger partial charge < -0.3 is 4.74 Å². The minimum absolute atomic E-state index is 0.407. The second-order valence-electron chi connectivity index (χ2n) is 3.17. The Bertz CT molecular complexity index is 304. The van der Waals surface area contributed by atoms with Crippen LogP contribution in [0.3, 0.4) is 0 Å². The molecule has 0 spiro atoms. The first-order chi connectivity index (χ1) is 6.63. The van der Waals surface area contributed by atoms with Crippen molar-refractivity contribution in [1.82, 2.24) is 0 Å². The Kier molecular flexibility index (Phi) is 4.93. The molecule has 0 radical (unpaired) electrons. The van der Waals surface area contributed by atoms with Gasteiger partial charge in [-0.1, -0.05) is 30.1 Å². The summed E-state index contributed by atoms with van der Waals surface area (Å²) >= 11 is 15.9. The summed E-state index contributed by atoms with van der Waals surface area (Å²) in [6.45, 7) is 2.68. The second kappa shape index (κ2) is 5.74. The van der Waals surface area contributed by atoms with Crippen molar-refractivity contribution in [2.45, 2.75) is 6.92 Å². The van der Waals surface area contributed by atoms with Crippen molar-refractivity contribution >= 4 is 35.8 Å². The van der Waals surface area contributed by atoms with Gasteiger partial charge in [0.25, 0.3) is 0 Å². The Labute approximate surface area is 99.8 Å². The van der Waals surface area contributed by atoms with Gasteiger partial charge in [-0.25, -0.2) is 0 Å². The van der Waals surface area contributed by atoms with Gasteiger partial charge in [0.15, 0.2) is 0 Å². The van der Waals surface area contributed by atoms with E-state index in [0.717, 1.165) is 5.75 Å². The molecule has 1 aromatic carbocycles. The fourth-order valence-electron chi connectivity index (χ4n) is 0.877. The van der Waals surface area contributed by atoms with Crippen LogP contribution in [-0.4, -0.2) is 12.4 Å². The maximum absolute atomic E-state index is 5.93. The Morgan fingerprint density at radius 2 is 2.14 bits per heavy atom. The lowest BCUT2D eigenvalue weighted by atomic mass is 10.2. The Morgan fingerprint density at radius 3 is 2.71 bits per heavy atom. The maximum atomic E-state index is 5.93. The molecule has 0 fully saturated rings. The van der Waals surface area contributed by atoms with E-state index < -0.39 is 0 Å². The largest absolute Gasteiger partial charge is 0.492 e. The van der Waals surface area contributed by atoms with Gasteiger partial charge in [0.1, 0.15) is 5.75 Å². The number of halogens is 2. The monoisotopic (exact) mass is 250 g/mol. The summed E-state index contributed by atoms with van der Waals surface area (Å²) < 4.78 is 5.50. The van der Waals surface area contributed by atoms with E-state index in [0.29, 0.717) is 28.3 Å². The van der Waals surface area contributed by atoms with Crippen molar-refractivity contribution in [1.29, 1.82) is 0 Å². The van der Waals surface area contributed by atoms with E-state index in [1.807, 2.05) is 0 Å². The summed E-state index contributed by atoms with van der Waals surface area (Å²) in [5, 5.41) is 1.16. The minimum Gasteiger partial charge on any atom is -0.492 e. The SMILES string of the molecule is CC(CS)COc1ccc(Cl)cc1Cl. The highest BCUT2D eigenvalue weighted by molar-refractivity contribution is 7.80. The van der Waals surface area contributed by atoms with Gasteiger partial charge in [-0.05, 0) is 29.9 Å². The standard InChI is InChI=1S/C10H12Cl2OS/c1-7(6-14)5-13-10-3-2-8(11)4-9(10)12/h2-4,7,14H,5-6H2,1H3. The zero-order chi connectivity index (χ0) is 10.6. The topological polar surface area (TPSA) is 9.23 Å². The molecule has 4 heteroatoms. The summed E-state index contributed by atoms with van der Waals surface area (Å²) in [5.41, 5.74) is 0. The predicted molar refractivity (Wildman–Crippen MR) is 65.0 cm³/mol. The number of benzene rings is 1. The van der Waals surface area contributed by atoms with Gasteiger partial charge in [-0.15, -0.1) is 0 Å². The van der Waals surface area contributed by atoms with Crippen LogP contribution in [0.25, 0.3) is 0 Å². The normalized spacial score (nSPS) is 12.6. The van der Waals surface area contributed by atoms with Gasteiger partial charge in [0.2, 0.25) is 0 Å². The van der Waals surface area contributed by atoms with Crippen LogP contribution in [0.2, 0.25) is 10.0 Å². The average Bonchev–Trinajstić information content (AvgIpc) is 2.16. The van der Waals surface area contributed by atoms with Gasteiger partial charge in [-0.3, -0.25) is 0 Å². The summed E-state index contributed by atoms with van der Waals surface area (Å²) in [4.78, 5) is 0. The van der Waals surface area contributed by atoms with Crippen LogP contribution in [0.1, 0.15) is 6.92 Å². The third-order valence-corrected chi connectivity index (χ3v) is 2.88. The fraction of sp³-hybridized carbons (Fsp3) is 0.400. The molecule has 0 bridgehead atoms. The maximum Gasteiger partial charge on any atom is 0.137 e. The van der Waals surface area contributed by atoms with E-state index in [1.165, 1.54) is 0 Å². The fourth-order valence-corrected chi connectivity index (χ4v) is 1.45. The highest BCUT2D eigenvalue weighted by Gasteiger charge is 2.04. The molecule has 14 heavy (non-hydrogen) atoms. The lowest BCUT2D eigenvalue weighted by Gasteiger charge is -2.11. The van der Waals surface area contributed by atoms with Crippen LogP contribution < -0.4 is 4.74 Å². The Hall–Kier alpha value is -0.0500. The molecule has 1 rings (SSSR count). The van der Waals surface area contributed by atoms with Crippen molar-refractivity contribution in [3.8, 4) is 5.75 Å². The van der Waals surface area contributed by atoms with Gasteiger partial charge >= 0.3 is 0 Å². The highest BCUT2D eigenvalue weighted by Crippen LogP contribution is 2.27. The molecule has 0 aliphatic rings. The number of rotatable bonds is 4. The molecular formula is C10H12Cl2OS. The number of ether oxygens (including phenoxy) is 1. The lowest BCUT2D eigenvalue weighted by molar-refractivity contribution is 0.274. The van der Waals surface area contributed by atoms with Crippen LogP contribution in [0.5, 0.6) is 5.75 Å². The molecule has 1 unspecified atom stereocenters. The van der Waals surface area contributed by atoms with Crippen molar-refractivity contribution in [2.75, 3.05) is 12.4 Å². The second-order valence-corrected chi connectivity index (χ2v) is 4.38. The quantitative estimate of drug-likeness (QED) is 0.797. The van der Waals surface area contributed by atoms with Crippen molar-refractivity contribution < 1.29 is 4.74 Å². The van der Waals surface area contributed by atoms with Crippen LogP contribution in [-0.2, 0) is 0 Å². The third kappa shape index (κ3) is 3.60. The van der Waals surface area contributed by atoms with Gasteiger partial charge in [0, 0.05) is 5.02 Å². The summed E-state index contributed by atoms with van der Waals surface area (Å²) in [6.07, 6.45) is 0. The van der Waals surface area contributed by atoms with Crippen molar-refractivity contribution in [3.63, 3.8) is 0 Å². The number of hydrogen-bond donors (Lipinski definition) is 1. The highest BCUT2D eigenvalue weighted by atomic mass is 35.5. The predicted octanol–water partition coefficient (Wildman–Crippen LogP) is 3.94. The van der Waals surface area contributed by atoms with Crippen molar-refractivity contribution in [3.05, 3.63) is 28.2 Å². The van der Waals surface area contributed by atoms with Crippen molar-refractivity contribution in [2.24, 2.45) is 5.92 Å². The summed E-state index contributed by atoms with van der Waals surface area (Å²) in [6, 6.07) is 5.20. The molecule has 0 N–H and O–H groups in total. The first kappa shape index (κ1) is 12.0. The number of thiol groups is 1. The van der Waals surface area contributed by atoms with E-state index in [1.54, 1.807) is 18.2 Å². The summed E-state index contributed by atoms with van der Waals surface area (Å²) in [5.74, 6) is 1.88. The molecule has 1 nitrogen and oxygen atoms in total. The molecule has 0 aromatic heterocycles. The van der Waals surface area contributed by atoms with Crippen LogP contribution in [0.4, 0.5) is 0 Å². The molecule has 0 amide bonds. The van der Waals surface area contributed by atoms with Crippen LogP contribution in [0, 0.1) is 5.92 Å². The van der Waals surface area contributed by atoms with E-state index in [9.17, 15) is 0 Å². The molecule has 0 saturated carbocycles. The van der Waals surface area contributed by atoms with E-state index >= 15 is 0 Å². The smallest absolute Gasteiger partial charge is 0.137 e. The van der Waals surface area contributed by atoms with Crippen LogP contribution >= 0.6 is 35.8 Å². The van der Waals surface area contributed by atoms with Gasteiger partial charge in [0.05, 0.1) is 11.6 Å². The van der Waals surface area contributed by atoms with E-state index in [2.05, 4.69) is 19.6 Å². The van der Waals surface area contributed by atoms with Crippen LogP contribution in [0.15, 0.2) is 18.2 Å².